The Bertz CT molecular complexity index is 706. The van der Waals surface area contributed by atoms with Crippen LogP contribution in [0.1, 0.15) is 35.6 Å². The Balaban J connectivity index is 0.000000279. The minimum Gasteiger partial charge on any atom is -0.478 e. The molecular weight excluding hydrogens is 362 g/mol. The van der Waals surface area contributed by atoms with Crippen LogP contribution < -0.4 is 0 Å². The van der Waals surface area contributed by atoms with Crippen molar-refractivity contribution in [2.24, 2.45) is 0 Å². The van der Waals surface area contributed by atoms with E-state index >= 15 is 0 Å². The molecule has 3 rings (SSSR count). The standard InChI is InChI=1S/C17H21NS.C4H4O4/c1-2-7-15(8-3-1)16(17-9-6-14-19-17)10-13-18-11-4-5-12-18;5-3(6)1-2-4(7)8/h1-3,6-9,14,16H,4-5,10-13H2;1-2H,(H,5,6)(H,7,8)/b;2-1+. The molecule has 1 unspecified atom stereocenters. The van der Waals surface area contributed by atoms with Crippen LogP contribution in [0.15, 0.2) is 60.0 Å². The Morgan fingerprint density at radius 2 is 1.63 bits per heavy atom. The highest BCUT2D eigenvalue weighted by molar-refractivity contribution is 7.10. The normalized spacial score (nSPS) is 15.3. The minimum absolute atomic E-state index is 0.558. The smallest absolute Gasteiger partial charge is 0.328 e. The quantitative estimate of drug-likeness (QED) is 0.700. The van der Waals surface area contributed by atoms with Crippen molar-refractivity contribution in [2.45, 2.75) is 25.2 Å². The molecule has 0 bridgehead atoms. The van der Waals surface area contributed by atoms with Crippen molar-refractivity contribution in [1.29, 1.82) is 0 Å². The summed E-state index contributed by atoms with van der Waals surface area (Å²) in [7, 11) is 0. The summed E-state index contributed by atoms with van der Waals surface area (Å²) in [5, 5.41) is 17.8. The number of carboxylic acid groups (broad SMARTS) is 2. The van der Waals surface area contributed by atoms with Gasteiger partial charge < -0.3 is 15.1 Å². The van der Waals surface area contributed by atoms with Crippen LogP contribution in [-0.4, -0.2) is 46.7 Å². The topological polar surface area (TPSA) is 77.8 Å². The lowest BCUT2D eigenvalue weighted by Gasteiger charge is -2.20. The molecule has 2 aromatic rings. The van der Waals surface area contributed by atoms with Gasteiger partial charge in [0.2, 0.25) is 0 Å². The molecule has 27 heavy (non-hydrogen) atoms. The first-order valence-electron chi connectivity index (χ1n) is 9.01. The van der Waals surface area contributed by atoms with E-state index in [4.69, 9.17) is 10.2 Å². The zero-order valence-electron chi connectivity index (χ0n) is 15.2. The van der Waals surface area contributed by atoms with Gasteiger partial charge in [0.15, 0.2) is 0 Å². The van der Waals surface area contributed by atoms with Gasteiger partial charge in [-0.05, 0) is 55.9 Å². The summed E-state index contributed by atoms with van der Waals surface area (Å²) in [5.41, 5.74) is 1.46. The molecule has 1 saturated heterocycles. The Labute approximate surface area is 163 Å². The fourth-order valence-electron chi connectivity index (χ4n) is 3.11. The Hall–Kier alpha value is -2.44. The van der Waals surface area contributed by atoms with E-state index in [9.17, 15) is 9.59 Å². The highest BCUT2D eigenvalue weighted by Gasteiger charge is 2.18. The fourth-order valence-corrected chi connectivity index (χ4v) is 4.00. The molecule has 0 spiro atoms. The summed E-state index contributed by atoms with van der Waals surface area (Å²) >= 11 is 1.89. The first-order valence-corrected chi connectivity index (χ1v) is 9.89. The Morgan fingerprint density at radius 1 is 1.00 bits per heavy atom. The summed E-state index contributed by atoms with van der Waals surface area (Å²) in [6, 6.07) is 15.4. The molecule has 0 radical (unpaired) electrons. The van der Waals surface area contributed by atoms with Crippen molar-refractivity contribution in [1.82, 2.24) is 4.90 Å². The number of benzene rings is 1. The van der Waals surface area contributed by atoms with Crippen LogP contribution in [-0.2, 0) is 9.59 Å². The molecule has 1 aromatic heterocycles. The van der Waals surface area contributed by atoms with E-state index < -0.39 is 11.9 Å². The van der Waals surface area contributed by atoms with Gasteiger partial charge >= 0.3 is 11.9 Å². The second-order valence-corrected chi connectivity index (χ2v) is 7.31. The monoisotopic (exact) mass is 387 g/mol. The molecule has 0 saturated carbocycles. The van der Waals surface area contributed by atoms with Gasteiger partial charge in [0.05, 0.1) is 0 Å². The third-order valence-electron chi connectivity index (χ3n) is 4.39. The maximum Gasteiger partial charge on any atom is 0.328 e. The second-order valence-electron chi connectivity index (χ2n) is 6.33. The third-order valence-corrected chi connectivity index (χ3v) is 5.38. The number of rotatable bonds is 7. The lowest BCUT2D eigenvalue weighted by atomic mass is 9.94. The predicted octanol–water partition coefficient (Wildman–Crippen LogP) is 4.08. The second kappa shape index (κ2) is 11.3. The Morgan fingerprint density at radius 3 is 2.15 bits per heavy atom. The highest BCUT2D eigenvalue weighted by Crippen LogP contribution is 2.31. The van der Waals surface area contributed by atoms with E-state index in [1.54, 1.807) is 0 Å². The van der Waals surface area contributed by atoms with Crippen LogP contribution in [0.5, 0.6) is 0 Å². The average molecular weight is 388 g/mol. The average Bonchev–Trinajstić information content (AvgIpc) is 3.36. The van der Waals surface area contributed by atoms with E-state index in [2.05, 4.69) is 52.7 Å². The van der Waals surface area contributed by atoms with Crippen molar-refractivity contribution in [3.8, 4) is 0 Å². The van der Waals surface area contributed by atoms with Gasteiger partial charge in [0.25, 0.3) is 0 Å². The highest BCUT2D eigenvalue weighted by atomic mass is 32.1. The van der Waals surface area contributed by atoms with Crippen molar-refractivity contribution in [3.63, 3.8) is 0 Å². The fraction of sp³-hybridized carbons (Fsp3) is 0.333. The van der Waals surface area contributed by atoms with Crippen molar-refractivity contribution in [2.75, 3.05) is 19.6 Å². The minimum atomic E-state index is -1.26. The lowest BCUT2D eigenvalue weighted by molar-refractivity contribution is -0.134. The summed E-state index contributed by atoms with van der Waals surface area (Å²) < 4.78 is 0. The van der Waals surface area contributed by atoms with Crippen LogP contribution in [0.3, 0.4) is 0 Å². The number of carbonyl (C=O) groups is 2. The van der Waals surface area contributed by atoms with E-state index in [1.807, 2.05) is 11.3 Å². The molecular formula is C21H25NO4S. The van der Waals surface area contributed by atoms with Crippen LogP contribution in [0.4, 0.5) is 0 Å². The van der Waals surface area contributed by atoms with Gasteiger partial charge in [-0.15, -0.1) is 11.3 Å². The molecule has 1 fully saturated rings. The van der Waals surface area contributed by atoms with Crippen LogP contribution in [0.25, 0.3) is 0 Å². The van der Waals surface area contributed by atoms with Crippen molar-refractivity contribution in [3.05, 3.63) is 70.4 Å². The van der Waals surface area contributed by atoms with Crippen LogP contribution in [0, 0.1) is 0 Å². The molecule has 1 aliphatic rings. The largest absolute Gasteiger partial charge is 0.478 e. The number of thiophene rings is 1. The molecule has 2 heterocycles. The SMILES string of the molecule is O=C(O)/C=C/C(=O)O.c1ccc(C(CCN2CCCC2)c2cccs2)cc1. The molecule has 0 amide bonds. The molecule has 0 aliphatic carbocycles. The summed E-state index contributed by atoms with van der Waals surface area (Å²) in [6.07, 6.45) is 5.12. The summed E-state index contributed by atoms with van der Waals surface area (Å²) in [6.45, 7) is 3.83. The van der Waals surface area contributed by atoms with Gasteiger partial charge in [0.1, 0.15) is 0 Å². The van der Waals surface area contributed by atoms with Gasteiger partial charge in [-0.25, -0.2) is 9.59 Å². The lowest BCUT2D eigenvalue weighted by Crippen LogP contribution is -2.22. The van der Waals surface area contributed by atoms with Gasteiger partial charge in [-0.1, -0.05) is 36.4 Å². The van der Waals surface area contributed by atoms with E-state index in [-0.39, 0.29) is 0 Å². The molecule has 1 aliphatic heterocycles. The third kappa shape index (κ3) is 7.76. The van der Waals surface area contributed by atoms with Crippen molar-refractivity contribution >= 4 is 23.3 Å². The van der Waals surface area contributed by atoms with Crippen LogP contribution >= 0.6 is 11.3 Å². The van der Waals surface area contributed by atoms with E-state index in [0.29, 0.717) is 18.1 Å². The number of likely N-dealkylation sites (tertiary alicyclic amines) is 1. The maximum atomic E-state index is 9.55. The Kier molecular flexibility index (Phi) is 8.74. The molecule has 6 heteroatoms. The zero-order chi connectivity index (χ0) is 19.5. The number of aliphatic carboxylic acids is 2. The number of nitrogens with zero attached hydrogens (tertiary/aromatic N) is 1. The molecule has 1 atom stereocenters. The molecule has 5 nitrogen and oxygen atoms in total. The van der Waals surface area contributed by atoms with Crippen LogP contribution in [0.2, 0.25) is 0 Å². The number of hydrogen-bond donors (Lipinski definition) is 2. The zero-order valence-corrected chi connectivity index (χ0v) is 16.0. The van der Waals surface area contributed by atoms with E-state index in [0.717, 1.165) is 0 Å². The maximum absolute atomic E-state index is 9.55. The van der Waals surface area contributed by atoms with E-state index in [1.165, 1.54) is 49.3 Å². The first-order chi connectivity index (χ1) is 13.1. The van der Waals surface area contributed by atoms with Gasteiger partial charge in [0, 0.05) is 22.9 Å². The first kappa shape index (κ1) is 20.9. The molecule has 2 N–H and O–H groups in total. The molecule has 144 valence electrons. The van der Waals surface area contributed by atoms with Crippen molar-refractivity contribution < 1.29 is 19.8 Å². The van der Waals surface area contributed by atoms with Gasteiger partial charge in [-0.3, -0.25) is 0 Å². The van der Waals surface area contributed by atoms with Gasteiger partial charge in [-0.2, -0.15) is 0 Å². The number of hydrogen-bond acceptors (Lipinski definition) is 4. The number of carboxylic acids is 2. The summed E-state index contributed by atoms with van der Waals surface area (Å²) in [4.78, 5) is 23.2. The predicted molar refractivity (Wildman–Crippen MR) is 107 cm³/mol. The summed E-state index contributed by atoms with van der Waals surface area (Å²) in [5.74, 6) is -1.94. The molecule has 1 aromatic carbocycles.